The Morgan fingerprint density at radius 3 is 2.76 bits per heavy atom. The van der Waals surface area contributed by atoms with Crippen molar-refractivity contribution in [2.24, 2.45) is 0 Å². The number of fused-ring (bicyclic) bond motifs is 1. The van der Waals surface area contributed by atoms with E-state index in [1.807, 2.05) is 43.3 Å². The van der Waals surface area contributed by atoms with Gasteiger partial charge in [0.1, 0.15) is 5.69 Å². The largest absolute Gasteiger partial charge is 0.433 e. The van der Waals surface area contributed by atoms with E-state index in [-0.39, 0.29) is 17.4 Å². The molecule has 1 aliphatic rings. The third-order valence-corrected chi connectivity index (χ3v) is 5.80. The molecule has 0 bridgehead atoms. The number of ether oxygens (including phenoxy) is 1. The highest BCUT2D eigenvalue weighted by atomic mass is 19.3. The lowest BCUT2D eigenvalue weighted by molar-refractivity contribution is -0.0493. The second-order valence-electron chi connectivity index (χ2n) is 8.23. The van der Waals surface area contributed by atoms with Crippen LogP contribution >= 0.6 is 0 Å². The Labute approximate surface area is 194 Å². The zero-order valence-electron chi connectivity index (χ0n) is 18.6. The van der Waals surface area contributed by atoms with Crippen molar-refractivity contribution in [1.82, 2.24) is 20.0 Å². The number of anilines is 4. The van der Waals surface area contributed by atoms with E-state index in [1.54, 1.807) is 18.3 Å². The fraction of sp³-hybridized carbons (Fsp3) is 0.261. The summed E-state index contributed by atoms with van der Waals surface area (Å²) in [4.78, 5) is 12.8. The van der Waals surface area contributed by atoms with Crippen LogP contribution in [0.4, 0.5) is 31.8 Å². The summed E-state index contributed by atoms with van der Waals surface area (Å²) in [6, 6.07) is 12.5. The zero-order valence-corrected chi connectivity index (χ0v) is 18.6. The molecule has 3 N–H and O–H groups in total. The number of hydrogen-bond acceptors (Lipinski definition) is 9. The maximum absolute atomic E-state index is 13.2. The molecule has 0 saturated carbocycles. The van der Waals surface area contributed by atoms with Crippen molar-refractivity contribution in [2.75, 3.05) is 43.1 Å². The van der Waals surface area contributed by atoms with Crippen LogP contribution in [0.1, 0.15) is 0 Å². The number of likely N-dealkylation sites (N-methyl/N-ethyl adjacent to an activating group) is 1. The SMILES string of the molecule is CN(C)C1CN(c2cc(OC(F)F)c(Nc3nccc(-c4noc5ccccc45)n3)cc2N)C1. The fourth-order valence-electron chi connectivity index (χ4n) is 3.87. The van der Waals surface area contributed by atoms with Gasteiger partial charge in [0.2, 0.25) is 5.95 Å². The molecule has 11 heteroatoms. The summed E-state index contributed by atoms with van der Waals surface area (Å²) in [7, 11) is 4.00. The average Bonchev–Trinajstić information content (AvgIpc) is 3.19. The lowest BCUT2D eigenvalue weighted by Gasteiger charge is -2.44. The molecule has 0 spiro atoms. The lowest BCUT2D eigenvalue weighted by atomic mass is 10.1. The van der Waals surface area contributed by atoms with E-state index < -0.39 is 6.61 Å². The smallest absolute Gasteiger partial charge is 0.387 e. The van der Waals surface area contributed by atoms with Crippen molar-refractivity contribution in [3.63, 3.8) is 0 Å². The molecule has 0 amide bonds. The van der Waals surface area contributed by atoms with Crippen LogP contribution < -0.4 is 20.7 Å². The minimum Gasteiger partial charge on any atom is -0.433 e. The number of nitrogens with one attached hydrogen (secondary N) is 1. The zero-order chi connectivity index (χ0) is 23.8. The van der Waals surface area contributed by atoms with Crippen molar-refractivity contribution >= 4 is 34.0 Å². The highest BCUT2D eigenvalue weighted by molar-refractivity contribution is 5.90. The van der Waals surface area contributed by atoms with Crippen molar-refractivity contribution < 1.29 is 18.0 Å². The predicted molar refractivity (Wildman–Crippen MR) is 125 cm³/mol. The van der Waals surface area contributed by atoms with Crippen LogP contribution in [0.2, 0.25) is 0 Å². The first-order chi connectivity index (χ1) is 16.4. The van der Waals surface area contributed by atoms with Crippen LogP contribution in [0.25, 0.3) is 22.4 Å². The van der Waals surface area contributed by atoms with Crippen LogP contribution in [0.15, 0.2) is 53.2 Å². The van der Waals surface area contributed by atoms with Crippen LogP contribution in [0, 0.1) is 0 Å². The number of nitrogen functional groups attached to an aromatic ring is 1. The first-order valence-corrected chi connectivity index (χ1v) is 10.6. The predicted octanol–water partition coefficient (Wildman–Crippen LogP) is 3.96. The van der Waals surface area contributed by atoms with Gasteiger partial charge in [0.15, 0.2) is 11.3 Å². The standard InChI is InChI=1S/C23H23F2N7O2/c1-31(2)13-11-32(12-13)18-10-20(33-22(24)25)17(9-15(18)26)29-23-27-8-7-16(28-23)21-14-5-3-4-6-19(14)34-30-21/h3-10,13,22H,11-12,26H2,1-2H3,(H,27,28,29). The van der Waals surface area contributed by atoms with Crippen molar-refractivity contribution in [1.29, 1.82) is 0 Å². The van der Waals surface area contributed by atoms with Gasteiger partial charge in [-0.15, -0.1) is 0 Å². The highest BCUT2D eigenvalue weighted by Crippen LogP contribution is 2.39. The number of benzene rings is 2. The number of nitrogens with two attached hydrogens (primary N) is 1. The highest BCUT2D eigenvalue weighted by Gasteiger charge is 2.30. The second kappa shape index (κ2) is 8.75. The number of para-hydroxylation sites is 1. The number of halogens is 2. The Morgan fingerprint density at radius 1 is 1.21 bits per heavy atom. The average molecular weight is 467 g/mol. The monoisotopic (exact) mass is 467 g/mol. The van der Waals surface area contributed by atoms with E-state index in [4.69, 9.17) is 15.0 Å². The molecule has 0 radical (unpaired) electrons. The summed E-state index contributed by atoms with van der Waals surface area (Å²) in [5, 5.41) is 7.86. The van der Waals surface area contributed by atoms with E-state index in [2.05, 4.69) is 25.3 Å². The number of nitrogens with zero attached hydrogens (tertiary/aromatic N) is 5. The Hall–Kier alpha value is -3.99. The van der Waals surface area contributed by atoms with Gasteiger partial charge in [-0.1, -0.05) is 17.3 Å². The van der Waals surface area contributed by atoms with Crippen LogP contribution in [0.3, 0.4) is 0 Å². The van der Waals surface area contributed by atoms with Crippen LogP contribution in [0.5, 0.6) is 5.75 Å². The molecule has 3 heterocycles. The summed E-state index contributed by atoms with van der Waals surface area (Å²) < 4.78 is 36.5. The molecule has 1 aliphatic heterocycles. The molecule has 176 valence electrons. The van der Waals surface area contributed by atoms with E-state index in [0.717, 1.165) is 18.5 Å². The molecule has 9 nitrogen and oxygen atoms in total. The number of rotatable bonds is 7. The number of alkyl halides is 2. The molecule has 34 heavy (non-hydrogen) atoms. The molecule has 2 aromatic heterocycles. The third kappa shape index (κ3) is 4.17. The Morgan fingerprint density at radius 2 is 2.00 bits per heavy atom. The van der Waals surface area contributed by atoms with Gasteiger partial charge in [0.25, 0.3) is 0 Å². The molecule has 0 aliphatic carbocycles. The number of aromatic nitrogens is 3. The van der Waals surface area contributed by atoms with Gasteiger partial charge in [-0.05, 0) is 38.4 Å². The summed E-state index contributed by atoms with van der Waals surface area (Å²) in [5.74, 6) is 0.126. The van der Waals surface area contributed by atoms with Crippen LogP contribution in [-0.4, -0.2) is 59.9 Å². The summed E-state index contributed by atoms with van der Waals surface area (Å²) in [5.41, 5.74) is 9.27. The van der Waals surface area contributed by atoms with E-state index in [0.29, 0.717) is 34.4 Å². The van der Waals surface area contributed by atoms with Crippen molar-refractivity contribution in [3.8, 4) is 17.1 Å². The molecular formula is C23H23F2N7O2. The van der Waals surface area contributed by atoms with Gasteiger partial charge in [-0.2, -0.15) is 8.78 Å². The topological polar surface area (TPSA) is 106 Å². The molecular weight excluding hydrogens is 444 g/mol. The molecule has 4 aromatic rings. The lowest BCUT2D eigenvalue weighted by Crippen LogP contribution is -2.57. The second-order valence-corrected chi connectivity index (χ2v) is 8.23. The minimum atomic E-state index is -3.00. The maximum Gasteiger partial charge on any atom is 0.387 e. The van der Waals surface area contributed by atoms with E-state index in [9.17, 15) is 8.78 Å². The van der Waals surface area contributed by atoms with Gasteiger partial charge in [-0.3, -0.25) is 0 Å². The van der Waals surface area contributed by atoms with Gasteiger partial charge in [0.05, 0.1) is 28.1 Å². The van der Waals surface area contributed by atoms with E-state index >= 15 is 0 Å². The Kier molecular flexibility index (Phi) is 5.62. The summed E-state index contributed by atoms with van der Waals surface area (Å²) in [6.07, 6.45) is 1.54. The quantitative estimate of drug-likeness (QED) is 0.391. The minimum absolute atomic E-state index is 0.0478. The maximum atomic E-state index is 13.2. The molecule has 1 fully saturated rings. The molecule has 1 saturated heterocycles. The first kappa shape index (κ1) is 21.8. The number of hydrogen-bond donors (Lipinski definition) is 2. The molecule has 0 atom stereocenters. The molecule has 0 unspecified atom stereocenters. The normalized spacial score (nSPS) is 14.1. The Balaban J connectivity index is 1.45. The third-order valence-electron chi connectivity index (χ3n) is 5.80. The van der Waals surface area contributed by atoms with Crippen LogP contribution in [-0.2, 0) is 0 Å². The fourth-order valence-corrected chi connectivity index (χ4v) is 3.87. The van der Waals surface area contributed by atoms with Crippen molar-refractivity contribution in [2.45, 2.75) is 12.7 Å². The van der Waals surface area contributed by atoms with Gasteiger partial charge in [-0.25, -0.2) is 9.97 Å². The summed E-state index contributed by atoms with van der Waals surface area (Å²) >= 11 is 0. The van der Waals surface area contributed by atoms with E-state index in [1.165, 1.54) is 6.07 Å². The molecule has 2 aromatic carbocycles. The van der Waals surface area contributed by atoms with Gasteiger partial charge >= 0.3 is 6.61 Å². The molecule has 5 rings (SSSR count). The summed E-state index contributed by atoms with van der Waals surface area (Å²) in [6.45, 7) is -1.51. The van der Waals surface area contributed by atoms with Crippen molar-refractivity contribution in [3.05, 3.63) is 48.7 Å². The van der Waals surface area contributed by atoms with Gasteiger partial charge < -0.3 is 30.1 Å². The van der Waals surface area contributed by atoms with Gasteiger partial charge in [0, 0.05) is 31.4 Å². The first-order valence-electron chi connectivity index (χ1n) is 10.6. The Bertz CT molecular complexity index is 1320.